The van der Waals surface area contributed by atoms with E-state index in [0.29, 0.717) is 6.42 Å². The molecular weight excluding hydrogens is 663 g/mol. The van der Waals surface area contributed by atoms with Crippen molar-refractivity contribution in [3.05, 3.63) is 36.5 Å². The first-order valence-corrected chi connectivity index (χ1v) is 24.2. The molecule has 0 aromatic carbocycles. The topological polar surface area (TPSA) is 69.6 Å². The van der Waals surface area contributed by atoms with E-state index < -0.39 is 12.1 Å². The summed E-state index contributed by atoms with van der Waals surface area (Å²) in [6.07, 6.45) is 61.4. The molecule has 0 aromatic rings. The number of carbonyl (C=O) groups excluding carboxylic acids is 1. The van der Waals surface area contributed by atoms with Gasteiger partial charge in [0.1, 0.15) is 0 Å². The molecule has 0 aromatic heterocycles. The molecule has 2 unspecified atom stereocenters. The first-order valence-electron chi connectivity index (χ1n) is 24.2. The highest BCUT2D eigenvalue weighted by molar-refractivity contribution is 5.76. The van der Waals surface area contributed by atoms with Gasteiger partial charge in [-0.05, 0) is 57.8 Å². The minimum atomic E-state index is -0.860. The molecule has 0 rings (SSSR count). The van der Waals surface area contributed by atoms with Crippen molar-refractivity contribution in [3.8, 4) is 0 Å². The fourth-order valence-electron chi connectivity index (χ4n) is 7.37. The zero-order chi connectivity index (χ0) is 39.3. The molecule has 4 heteroatoms. The van der Waals surface area contributed by atoms with Gasteiger partial charge in [-0.15, -0.1) is 0 Å². The fraction of sp³-hybridized carbons (Fsp3) is 0.860. The van der Waals surface area contributed by atoms with E-state index in [9.17, 15) is 15.0 Å². The summed E-state index contributed by atoms with van der Waals surface area (Å²) >= 11 is 0. The molecule has 0 fully saturated rings. The molecule has 4 nitrogen and oxygen atoms in total. The van der Waals surface area contributed by atoms with Crippen molar-refractivity contribution in [1.82, 2.24) is 5.32 Å². The summed E-state index contributed by atoms with van der Waals surface area (Å²) in [7, 11) is 0. The van der Waals surface area contributed by atoms with Crippen LogP contribution in [-0.2, 0) is 4.79 Å². The third-order valence-electron chi connectivity index (χ3n) is 11.1. The van der Waals surface area contributed by atoms with Crippen molar-refractivity contribution in [3.63, 3.8) is 0 Å². The molecule has 0 spiro atoms. The molecule has 54 heavy (non-hydrogen) atoms. The van der Waals surface area contributed by atoms with Crippen molar-refractivity contribution < 1.29 is 15.0 Å². The van der Waals surface area contributed by atoms with Gasteiger partial charge >= 0.3 is 0 Å². The Morgan fingerprint density at radius 3 is 1.07 bits per heavy atom. The molecule has 3 N–H and O–H groups in total. The zero-order valence-corrected chi connectivity index (χ0v) is 36.5. The maximum atomic E-state index is 12.4. The number of allylic oxidation sites excluding steroid dienone is 5. The minimum absolute atomic E-state index is 0.0729. The Labute approximate surface area is 338 Å². The summed E-state index contributed by atoms with van der Waals surface area (Å²) in [4.78, 5) is 12.4. The van der Waals surface area contributed by atoms with E-state index in [-0.39, 0.29) is 12.5 Å². The third kappa shape index (κ3) is 41.8. The number of carbonyl (C=O) groups is 1. The number of amides is 1. The van der Waals surface area contributed by atoms with Gasteiger partial charge < -0.3 is 15.5 Å². The van der Waals surface area contributed by atoms with Gasteiger partial charge in [-0.25, -0.2) is 0 Å². The molecule has 0 aliphatic rings. The maximum absolute atomic E-state index is 12.4. The van der Waals surface area contributed by atoms with Crippen molar-refractivity contribution in [1.29, 1.82) is 0 Å². The van der Waals surface area contributed by atoms with E-state index in [1.165, 1.54) is 205 Å². The maximum Gasteiger partial charge on any atom is 0.220 e. The van der Waals surface area contributed by atoms with E-state index in [1.54, 1.807) is 6.08 Å². The van der Waals surface area contributed by atoms with Crippen LogP contribution >= 0.6 is 0 Å². The summed E-state index contributed by atoms with van der Waals surface area (Å²) in [5.41, 5.74) is 0. The second kappa shape index (κ2) is 46.0. The Hall–Kier alpha value is -1.39. The van der Waals surface area contributed by atoms with Crippen molar-refractivity contribution in [2.45, 2.75) is 270 Å². The highest BCUT2D eigenvalue weighted by Crippen LogP contribution is 2.15. The first-order chi connectivity index (χ1) is 26.7. The minimum Gasteiger partial charge on any atom is -0.394 e. The summed E-state index contributed by atoms with van der Waals surface area (Å²) < 4.78 is 0. The highest BCUT2D eigenvalue weighted by atomic mass is 16.3. The monoisotopic (exact) mass is 758 g/mol. The summed E-state index contributed by atoms with van der Waals surface area (Å²) in [6, 6.07) is -0.637. The Bertz CT molecular complexity index is 821. The molecule has 1 amide bonds. The lowest BCUT2D eigenvalue weighted by Crippen LogP contribution is -2.45. The van der Waals surface area contributed by atoms with Crippen molar-refractivity contribution in [2.75, 3.05) is 6.61 Å². The number of hydrogen-bond donors (Lipinski definition) is 3. The van der Waals surface area contributed by atoms with Gasteiger partial charge in [-0.3, -0.25) is 4.79 Å². The second-order valence-electron chi connectivity index (χ2n) is 16.5. The molecule has 0 radical (unpaired) electrons. The van der Waals surface area contributed by atoms with E-state index in [2.05, 4.69) is 43.5 Å². The van der Waals surface area contributed by atoms with Gasteiger partial charge in [-0.1, -0.05) is 230 Å². The SMILES string of the molecule is CCCCCCCCCC/C=C/CC/C=C/C(O)C(CO)NC(=O)CCCCCCCCCCCCCC/C=C\CCCCCCCCCCCCCC. The van der Waals surface area contributed by atoms with E-state index in [1.807, 2.05) is 6.08 Å². The summed E-state index contributed by atoms with van der Waals surface area (Å²) in [6.45, 7) is 4.30. The molecule has 0 saturated carbocycles. The van der Waals surface area contributed by atoms with E-state index in [4.69, 9.17) is 0 Å². The summed E-state index contributed by atoms with van der Waals surface area (Å²) in [5.74, 6) is -0.0729. The second-order valence-corrected chi connectivity index (χ2v) is 16.5. The predicted molar refractivity (Wildman–Crippen MR) is 239 cm³/mol. The van der Waals surface area contributed by atoms with Crippen LogP contribution in [0.2, 0.25) is 0 Å². The number of nitrogens with one attached hydrogen (secondary N) is 1. The Balaban J connectivity index is 3.50. The lowest BCUT2D eigenvalue weighted by atomic mass is 10.0. The van der Waals surface area contributed by atoms with Crippen LogP contribution in [0.25, 0.3) is 0 Å². The number of aliphatic hydroxyl groups is 2. The smallest absolute Gasteiger partial charge is 0.220 e. The van der Waals surface area contributed by atoms with Crippen LogP contribution in [0.5, 0.6) is 0 Å². The van der Waals surface area contributed by atoms with Crippen LogP contribution in [0.4, 0.5) is 0 Å². The van der Waals surface area contributed by atoms with Crippen LogP contribution in [0, 0.1) is 0 Å². The highest BCUT2D eigenvalue weighted by Gasteiger charge is 2.17. The molecule has 2 atom stereocenters. The van der Waals surface area contributed by atoms with E-state index in [0.717, 1.165) is 32.1 Å². The van der Waals surface area contributed by atoms with Gasteiger partial charge in [0.25, 0.3) is 0 Å². The average molecular weight is 758 g/mol. The van der Waals surface area contributed by atoms with Crippen LogP contribution in [0.1, 0.15) is 258 Å². The third-order valence-corrected chi connectivity index (χ3v) is 11.1. The quantitative estimate of drug-likeness (QED) is 0.0428. The van der Waals surface area contributed by atoms with Gasteiger partial charge in [0.15, 0.2) is 0 Å². The number of aliphatic hydroxyl groups excluding tert-OH is 2. The Morgan fingerprint density at radius 2 is 0.722 bits per heavy atom. The molecule has 0 aliphatic carbocycles. The predicted octanol–water partition coefficient (Wildman–Crippen LogP) is 15.4. The van der Waals surface area contributed by atoms with Gasteiger partial charge in [0, 0.05) is 6.42 Å². The molecule has 0 saturated heterocycles. The largest absolute Gasteiger partial charge is 0.394 e. The number of hydrogen-bond acceptors (Lipinski definition) is 3. The normalized spacial score (nSPS) is 13.2. The Morgan fingerprint density at radius 1 is 0.426 bits per heavy atom. The van der Waals surface area contributed by atoms with Crippen LogP contribution in [0.15, 0.2) is 36.5 Å². The molecular formula is C50H95NO3. The molecule has 0 heterocycles. The van der Waals surface area contributed by atoms with Crippen molar-refractivity contribution in [2.24, 2.45) is 0 Å². The lowest BCUT2D eigenvalue weighted by Gasteiger charge is -2.19. The van der Waals surface area contributed by atoms with Gasteiger partial charge in [0.2, 0.25) is 5.91 Å². The average Bonchev–Trinajstić information content (AvgIpc) is 3.18. The van der Waals surface area contributed by atoms with Gasteiger partial charge in [-0.2, -0.15) is 0 Å². The standard InChI is InChI=1S/C50H95NO3/c1-3-5-7-9-11-13-15-17-19-20-21-22-23-24-25-26-27-28-29-30-31-32-34-36-38-40-42-44-46-50(54)51-48(47-52)49(53)45-43-41-39-37-35-33-18-16-14-12-10-8-6-4-2/h24-25,35,37,43,45,48-49,52-53H,3-23,26-34,36,38-42,44,46-47H2,1-2H3,(H,51,54)/b25-24-,37-35+,45-43+. The first kappa shape index (κ1) is 52.6. The van der Waals surface area contributed by atoms with Crippen LogP contribution < -0.4 is 5.32 Å². The molecule has 0 bridgehead atoms. The number of rotatable bonds is 44. The van der Waals surface area contributed by atoms with Crippen molar-refractivity contribution >= 4 is 5.91 Å². The van der Waals surface area contributed by atoms with E-state index >= 15 is 0 Å². The molecule has 0 aliphatic heterocycles. The summed E-state index contributed by atoms with van der Waals surface area (Å²) in [5, 5.41) is 23.0. The van der Waals surface area contributed by atoms with Crippen LogP contribution in [-0.4, -0.2) is 34.9 Å². The zero-order valence-electron chi connectivity index (χ0n) is 36.5. The molecule has 318 valence electrons. The number of unbranched alkanes of at least 4 members (excludes halogenated alkanes) is 33. The van der Waals surface area contributed by atoms with Crippen LogP contribution in [0.3, 0.4) is 0 Å². The van der Waals surface area contributed by atoms with Gasteiger partial charge in [0.05, 0.1) is 18.8 Å². The fourth-order valence-corrected chi connectivity index (χ4v) is 7.37. The lowest BCUT2D eigenvalue weighted by molar-refractivity contribution is -0.123. The Kier molecular flexibility index (Phi) is 44.8.